The quantitative estimate of drug-likeness (QED) is 0.750. The van der Waals surface area contributed by atoms with Crippen molar-refractivity contribution in [3.8, 4) is 0 Å². The molecule has 1 atom stereocenters. The molecule has 1 aromatic rings. The third-order valence-electron chi connectivity index (χ3n) is 2.26. The van der Waals surface area contributed by atoms with E-state index in [1.54, 1.807) is 0 Å². The summed E-state index contributed by atoms with van der Waals surface area (Å²) in [6.45, 7) is 4.49. The molecule has 0 aliphatic carbocycles. The normalized spacial score (nSPS) is 13.1. The lowest BCUT2D eigenvalue weighted by atomic mass is 10.1. The van der Waals surface area contributed by atoms with E-state index in [1.807, 2.05) is 25.6 Å². The summed E-state index contributed by atoms with van der Waals surface area (Å²) in [5, 5.41) is 4.29. The van der Waals surface area contributed by atoms with Crippen molar-refractivity contribution < 1.29 is 8.39 Å². The van der Waals surface area contributed by atoms with E-state index in [-0.39, 0.29) is 0 Å². The van der Waals surface area contributed by atoms with Gasteiger partial charge >= 0.3 is 0 Å². The van der Waals surface area contributed by atoms with Crippen LogP contribution in [0, 0.1) is 13.8 Å². The molecule has 0 N–H and O–H groups in total. The van der Waals surface area contributed by atoms with Crippen molar-refractivity contribution in [2.45, 2.75) is 20.3 Å². The van der Waals surface area contributed by atoms with Gasteiger partial charge < -0.3 is 0 Å². The largest absolute Gasteiger partial charge is 0.290 e. The molecule has 0 spiro atoms. The summed E-state index contributed by atoms with van der Waals surface area (Å²) in [4.78, 5) is 0. The Morgan fingerprint density at radius 2 is 2.14 bits per heavy atom. The molecule has 4 nitrogen and oxygen atoms in total. The minimum atomic E-state index is -1.17. The van der Waals surface area contributed by atoms with Gasteiger partial charge in [-0.05, 0) is 19.4 Å². The molecule has 0 saturated carbocycles. The average Bonchev–Trinajstić information content (AvgIpc) is 2.31. The third kappa shape index (κ3) is 2.65. The fourth-order valence-corrected chi connectivity index (χ4v) is 1.76. The summed E-state index contributed by atoms with van der Waals surface area (Å²) < 4.78 is 17.5. The van der Waals surface area contributed by atoms with Crippen LogP contribution in [-0.4, -0.2) is 26.9 Å². The summed E-state index contributed by atoms with van der Waals surface area (Å²) in [5.74, 6) is 0. The molecule has 14 heavy (non-hydrogen) atoms. The molecule has 0 saturated heterocycles. The summed E-state index contributed by atoms with van der Waals surface area (Å²) in [7, 11) is 1.92. The van der Waals surface area contributed by atoms with Gasteiger partial charge in [-0.3, -0.25) is 8.86 Å². The molecule has 0 bridgehead atoms. The van der Waals surface area contributed by atoms with Crippen molar-refractivity contribution in [2.24, 2.45) is 7.05 Å². The van der Waals surface area contributed by atoms with Gasteiger partial charge in [0.15, 0.2) is 11.1 Å². The first-order valence-corrected chi connectivity index (χ1v) is 5.96. The van der Waals surface area contributed by atoms with Gasteiger partial charge in [0.2, 0.25) is 0 Å². The second-order valence-electron chi connectivity index (χ2n) is 3.25. The molecule has 1 heterocycles. The third-order valence-corrected chi connectivity index (χ3v) is 2.76. The van der Waals surface area contributed by atoms with Crippen molar-refractivity contribution >= 4 is 11.1 Å². The maximum absolute atomic E-state index is 10.7. The van der Waals surface area contributed by atoms with E-state index < -0.39 is 11.1 Å². The van der Waals surface area contributed by atoms with Crippen LogP contribution in [-0.2, 0) is 28.7 Å². The van der Waals surface area contributed by atoms with E-state index in [9.17, 15) is 4.21 Å². The fourth-order valence-electron chi connectivity index (χ4n) is 1.44. The summed E-state index contributed by atoms with van der Waals surface area (Å²) in [6, 6.07) is 0. The Balaban J connectivity index is 2.62. The Morgan fingerprint density at radius 1 is 1.50 bits per heavy atom. The second kappa shape index (κ2) is 4.70. The molecule has 0 amide bonds. The summed E-state index contributed by atoms with van der Waals surface area (Å²) in [5.41, 5.74) is 3.36. The van der Waals surface area contributed by atoms with Crippen LogP contribution in [0.2, 0.25) is 0 Å². The number of nitrogens with zero attached hydrogens (tertiary/aromatic N) is 2. The minimum absolute atomic E-state index is 0.483. The lowest BCUT2D eigenvalue weighted by molar-refractivity contribution is 0.354. The zero-order valence-electron chi connectivity index (χ0n) is 9.03. The standard InChI is InChI=1S/C9H16N2O2S/c1-7-9(5-6-13-14(4)12)8(2)11(3)10-7/h5-6H2,1-4H3. The topological polar surface area (TPSA) is 44.1 Å². The first kappa shape index (κ1) is 11.4. The number of hydrogen-bond donors (Lipinski definition) is 0. The summed E-state index contributed by atoms with van der Waals surface area (Å²) in [6.07, 6.45) is 2.30. The van der Waals surface area contributed by atoms with Gasteiger partial charge in [0, 0.05) is 25.4 Å². The molecule has 0 aliphatic rings. The molecule has 1 unspecified atom stereocenters. The SMILES string of the molecule is Cc1nn(C)c(C)c1CCOS(C)=O. The van der Waals surface area contributed by atoms with Gasteiger partial charge in [-0.1, -0.05) is 0 Å². The van der Waals surface area contributed by atoms with E-state index in [2.05, 4.69) is 5.10 Å². The Kier molecular flexibility index (Phi) is 3.83. The zero-order chi connectivity index (χ0) is 10.7. The van der Waals surface area contributed by atoms with E-state index in [0.29, 0.717) is 6.61 Å². The maximum atomic E-state index is 10.7. The highest BCUT2D eigenvalue weighted by molar-refractivity contribution is 7.79. The van der Waals surface area contributed by atoms with Gasteiger partial charge in [0.05, 0.1) is 12.3 Å². The van der Waals surface area contributed by atoms with Gasteiger partial charge in [-0.15, -0.1) is 0 Å². The van der Waals surface area contributed by atoms with Crippen molar-refractivity contribution in [3.63, 3.8) is 0 Å². The zero-order valence-corrected chi connectivity index (χ0v) is 9.85. The number of aromatic nitrogens is 2. The molecule has 0 radical (unpaired) electrons. The van der Waals surface area contributed by atoms with Crippen LogP contribution >= 0.6 is 0 Å². The monoisotopic (exact) mass is 216 g/mol. The predicted molar refractivity (Wildman–Crippen MR) is 56.4 cm³/mol. The van der Waals surface area contributed by atoms with Crippen LogP contribution in [0.3, 0.4) is 0 Å². The van der Waals surface area contributed by atoms with Crippen molar-refractivity contribution in [1.82, 2.24) is 9.78 Å². The van der Waals surface area contributed by atoms with Crippen LogP contribution in [0.15, 0.2) is 0 Å². The van der Waals surface area contributed by atoms with Gasteiger partial charge in [-0.25, -0.2) is 4.21 Å². The molecular weight excluding hydrogens is 200 g/mol. The number of rotatable bonds is 4. The van der Waals surface area contributed by atoms with Crippen molar-refractivity contribution in [3.05, 3.63) is 17.0 Å². The lowest BCUT2D eigenvalue weighted by Crippen LogP contribution is -2.02. The fraction of sp³-hybridized carbons (Fsp3) is 0.667. The molecule has 0 aromatic carbocycles. The molecular formula is C9H16N2O2S. The van der Waals surface area contributed by atoms with Crippen LogP contribution in [0.5, 0.6) is 0 Å². The van der Waals surface area contributed by atoms with Crippen LogP contribution < -0.4 is 0 Å². The van der Waals surface area contributed by atoms with E-state index >= 15 is 0 Å². The van der Waals surface area contributed by atoms with E-state index in [1.165, 1.54) is 11.8 Å². The van der Waals surface area contributed by atoms with Crippen LogP contribution in [0.4, 0.5) is 0 Å². The molecule has 1 rings (SSSR count). The Hall–Kier alpha value is -0.680. The number of hydrogen-bond acceptors (Lipinski definition) is 3. The predicted octanol–water partition coefficient (Wildman–Crippen LogP) is 0.890. The van der Waals surface area contributed by atoms with Gasteiger partial charge in [0.1, 0.15) is 0 Å². The smallest absolute Gasteiger partial charge is 0.152 e. The molecule has 80 valence electrons. The highest BCUT2D eigenvalue weighted by Gasteiger charge is 2.08. The van der Waals surface area contributed by atoms with E-state index in [4.69, 9.17) is 4.18 Å². The van der Waals surface area contributed by atoms with Crippen LogP contribution in [0.1, 0.15) is 17.0 Å². The number of aryl methyl sites for hydroxylation is 2. The van der Waals surface area contributed by atoms with Crippen molar-refractivity contribution in [1.29, 1.82) is 0 Å². The summed E-state index contributed by atoms with van der Waals surface area (Å²) >= 11 is -1.17. The molecule has 5 heteroatoms. The second-order valence-corrected chi connectivity index (χ2v) is 4.28. The van der Waals surface area contributed by atoms with Crippen molar-refractivity contribution in [2.75, 3.05) is 12.9 Å². The highest BCUT2D eigenvalue weighted by atomic mass is 32.2. The minimum Gasteiger partial charge on any atom is -0.290 e. The van der Waals surface area contributed by atoms with Gasteiger partial charge in [-0.2, -0.15) is 5.10 Å². The van der Waals surface area contributed by atoms with Gasteiger partial charge in [0.25, 0.3) is 0 Å². The first-order valence-electron chi connectivity index (χ1n) is 4.48. The molecule has 0 fully saturated rings. The van der Waals surface area contributed by atoms with Crippen LogP contribution in [0.25, 0.3) is 0 Å². The van der Waals surface area contributed by atoms with E-state index in [0.717, 1.165) is 17.8 Å². The lowest BCUT2D eigenvalue weighted by Gasteiger charge is -2.01. The molecule has 0 aliphatic heterocycles. The Bertz CT molecular complexity index is 347. The Labute approximate surface area is 86.9 Å². The highest BCUT2D eigenvalue weighted by Crippen LogP contribution is 2.12. The molecule has 1 aromatic heterocycles. The maximum Gasteiger partial charge on any atom is 0.152 e. The Morgan fingerprint density at radius 3 is 2.57 bits per heavy atom. The average molecular weight is 216 g/mol. The first-order chi connectivity index (χ1) is 6.52.